The van der Waals surface area contributed by atoms with E-state index in [-0.39, 0.29) is 12.5 Å². The van der Waals surface area contributed by atoms with Crippen LogP contribution in [0.4, 0.5) is 0 Å². The second kappa shape index (κ2) is 9.34. The highest BCUT2D eigenvalue weighted by Crippen LogP contribution is 2.07. The molecule has 0 atom stereocenters. The maximum atomic E-state index is 12.1. The minimum Gasteiger partial charge on any atom is -0.459 e. The monoisotopic (exact) mass is 296 g/mol. The zero-order chi connectivity index (χ0) is 16.5. The number of carbonyl (C=O) groups is 2. The number of esters is 1. The van der Waals surface area contributed by atoms with E-state index in [1.54, 1.807) is 12.2 Å². The van der Waals surface area contributed by atoms with Gasteiger partial charge in [0.15, 0.2) is 0 Å². The van der Waals surface area contributed by atoms with E-state index in [0.717, 1.165) is 0 Å². The van der Waals surface area contributed by atoms with Gasteiger partial charge in [0.1, 0.15) is 12.1 Å². The van der Waals surface area contributed by atoms with Gasteiger partial charge in [-0.2, -0.15) is 0 Å². The number of nitrogens with zero attached hydrogens (tertiary/aromatic N) is 2. The predicted octanol–water partition coefficient (Wildman–Crippen LogP) is 1.85. The number of allylic oxidation sites excluding steroid dienone is 3. The fraction of sp³-hybridized carbons (Fsp3) is 0.625. The van der Waals surface area contributed by atoms with Crippen molar-refractivity contribution in [3.8, 4) is 0 Å². The Morgan fingerprint density at radius 2 is 1.71 bits per heavy atom. The van der Waals surface area contributed by atoms with E-state index in [1.165, 1.54) is 11.0 Å². The van der Waals surface area contributed by atoms with Crippen LogP contribution >= 0.6 is 0 Å². The van der Waals surface area contributed by atoms with Crippen LogP contribution in [-0.4, -0.2) is 61.0 Å². The Labute approximate surface area is 128 Å². The van der Waals surface area contributed by atoms with Crippen LogP contribution in [0.2, 0.25) is 0 Å². The molecule has 0 N–H and O–H groups in total. The molecule has 120 valence electrons. The Hall–Kier alpha value is -1.62. The van der Waals surface area contributed by atoms with Gasteiger partial charge in [-0.25, -0.2) is 0 Å². The number of likely N-dealkylation sites (N-methyl/N-ethyl adjacent to an activating group) is 1. The third-order valence-corrected chi connectivity index (χ3v) is 2.41. The van der Waals surface area contributed by atoms with E-state index in [1.807, 2.05) is 52.8 Å². The molecule has 0 aliphatic rings. The summed E-state index contributed by atoms with van der Waals surface area (Å²) in [5.74, 6) is -0.588. The maximum Gasteiger partial charge on any atom is 0.326 e. The Morgan fingerprint density at radius 1 is 1.10 bits per heavy atom. The SMILES string of the molecule is C/C=C/C=C/C(=O)N(CCN(C)C)CC(=O)OC(C)(C)C. The van der Waals surface area contributed by atoms with Gasteiger partial charge in [0.05, 0.1) is 0 Å². The van der Waals surface area contributed by atoms with Gasteiger partial charge < -0.3 is 14.5 Å². The summed E-state index contributed by atoms with van der Waals surface area (Å²) in [7, 11) is 3.84. The van der Waals surface area contributed by atoms with Crippen LogP contribution in [0.5, 0.6) is 0 Å². The van der Waals surface area contributed by atoms with E-state index < -0.39 is 11.6 Å². The molecule has 0 aliphatic carbocycles. The van der Waals surface area contributed by atoms with Gasteiger partial charge in [-0.15, -0.1) is 0 Å². The van der Waals surface area contributed by atoms with Crippen molar-refractivity contribution in [2.75, 3.05) is 33.7 Å². The predicted molar refractivity (Wildman–Crippen MR) is 84.9 cm³/mol. The lowest BCUT2D eigenvalue weighted by molar-refractivity contribution is -0.158. The first-order chi connectivity index (χ1) is 9.65. The number of ether oxygens (including phenoxy) is 1. The Balaban J connectivity index is 4.72. The summed E-state index contributed by atoms with van der Waals surface area (Å²) < 4.78 is 5.27. The van der Waals surface area contributed by atoms with Gasteiger partial charge in [-0.3, -0.25) is 9.59 Å². The molecule has 5 heteroatoms. The molecule has 0 spiro atoms. The van der Waals surface area contributed by atoms with Crippen LogP contribution in [0, 0.1) is 0 Å². The molecule has 0 bridgehead atoms. The molecule has 0 unspecified atom stereocenters. The highest BCUT2D eigenvalue weighted by Gasteiger charge is 2.21. The van der Waals surface area contributed by atoms with Gasteiger partial charge in [-0.1, -0.05) is 18.2 Å². The maximum absolute atomic E-state index is 12.1. The lowest BCUT2D eigenvalue weighted by Gasteiger charge is -2.25. The number of carbonyl (C=O) groups excluding carboxylic acids is 2. The third kappa shape index (κ3) is 10.8. The lowest BCUT2D eigenvalue weighted by Crippen LogP contribution is -2.41. The molecule has 0 radical (unpaired) electrons. The van der Waals surface area contributed by atoms with E-state index in [0.29, 0.717) is 13.1 Å². The second-order valence-corrected chi connectivity index (χ2v) is 6.03. The van der Waals surface area contributed by atoms with Gasteiger partial charge in [0, 0.05) is 19.2 Å². The van der Waals surface area contributed by atoms with Crippen molar-refractivity contribution in [2.45, 2.75) is 33.3 Å². The molecule has 0 fully saturated rings. The van der Waals surface area contributed by atoms with Gasteiger partial charge in [-0.05, 0) is 41.8 Å². The Kier molecular flexibility index (Phi) is 8.62. The second-order valence-electron chi connectivity index (χ2n) is 6.03. The van der Waals surface area contributed by atoms with Crippen molar-refractivity contribution in [2.24, 2.45) is 0 Å². The largest absolute Gasteiger partial charge is 0.459 e. The van der Waals surface area contributed by atoms with Crippen molar-refractivity contribution >= 4 is 11.9 Å². The summed E-state index contributed by atoms with van der Waals surface area (Å²) in [5.41, 5.74) is -0.547. The summed E-state index contributed by atoms with van der Waals surface area (Å²) in [5, 5.41) is 0. The Morgan fingerprint density at radius 3 is 2.19 bits per heavy atom. The molecular weight excluding hydrogens is 268 g/mol. The Bertz CT molecular complexity index is 393. The molecule has 5 nitrogen and oxygen atoms in total. The molecule has 0 aromatic rings. The third-order valence-electron chi connectivity index (χ3n) is 2.41. The average Bonchev–Trinajstić information content (AvgIpc) is 2.32. The molecule has 0 aliphatic heterocycles. The smallest absolute Gasteiger partial charge is 0.326 e. The summed E-state index contributed by atoms with van der Waals surface area (Å²) >= 11 is 0. The van der Waals surface area contributed by atoms with Crippen molar-refractivity contribution in [3.63, 3.8) is 0 Å². The van der Waals surface area contributed by atoms with Crippen LogP contribution < -0.4 is 0 Å². The normalized spacial score (nSPS) is 12.3. The quantitative estimate of drug-likeness (QED) is 0.409. The van der Waals surface area contributed by atoms with Crippen molar-refractivity contribution < 1.29 is 14.3 Å². The summed E-state index contributed by atoms with van der Waals surface area (Å²) in [6, 6.07) is 0. The zero-order valence-electron chi connectivity index (χ0n) is 14.0. The van der Waals surface area contributed by atoms with Crippen LogP contribution in [0.25, 0.3) is 0 Å². The van der Waals surface area contributed by atoms with Crippen LogP contribution in [0.3, 0.4) is 0 Å². The molecule has 0 aromatic heterocycles. The standard InChI is InChI=1S/C16H28N2O3/c1-7-8-9-10-14(19)18(12-11-17(5)6)13-15(20)21-16(2,3)4/h7-10H,11-13H2,1-6H3/b8-7+,10-9+. The highest BCUT2D eigenvalue weighted by molar-refractivity contribution is 5.90. The fourth-order valence-corrected chi connectivity index (χ4v) is 1.47. The number of rotatable bonds is 7. The lowest BCUT2D eigenvalue weighted by atomic mass is 10.2. The molecule has 0 aromatic carbocycles. The molecular formula is C16H28N2O3. The van der Waals surface area contributed by atoms with Gasteiger partial charge in [0.25, 0.3) is 0 Å². The average molecular weight is 296 g/mol. The number of hydrogen-bond acceptors (Lipinski definition) is 4. The van der Waals surface area contributed by atoms with Crippen LogP contribution in [0.15, 0.2) is 24.3 Å². The highest BCUT2D eigenvalue weighted by atomic mass is 16.6. The summed E-state index contributed by atoms with van der Waals surface area (Å²) in [6.07, 6.45) is 6.73. The van der Waals surface area contributed by atoms with E-state index in [2.05, 4.69) is 0 Å². The van der Waals surface area contributed by atoms with Crippen LogP contribution in [0.1, 0.15) is 27.7 Å². The first kappa shape index (κ1) is 19.4. The molecule has 0 heterocycles. The fourth-order valence-electron chi connectivity index (χ4n) is 1.47. The van der Waals surface area contributed by atoms with Gasteiger partial charge >= 0.3 is 5.97 Å². The van der Waals surface area contributed by atoms with Crippen molar-refractivity contribution in [1.29, 1.82) is 0 Å². The minimum absolute atomic E-state index is 0.0376. The summed E-state index contributed by atoms with van der Waals surface area (Å²) in [6.45, 7) is 8.43. The molecule has 0 saturated heterocycles. The van der Waals surface area contributed by atoms with Crippen LogP contribution in [-0.2, 0) is 14.3 Å². The van der Waals surface area contributed by atoms with E-state index in [4.69, 9.17) is 4.74 Å². The minimum atomic E-state index is -0.547. The number of amides is 1. The molecule has 0 rings (SSSR count). The first-order valence-corrected chi connectivity index (χ1v) is 7.10. The molecule has 1 amide bonds. The van der Waals surface area contributed by atoms with E-state index in [9.17, 15) is 9.59 Å². The van der Waals surface area contributed by atoms with Crippen molar-refractivity contribution in [3.05, 3.63) is 24.3 Å². The topological polar surface area (TPSA) is 49.9 Å². The van der Waals surface area contributed by atoms with Gasteiger partial charge in [0.2, 0.25) is 5.91 Å². The van der Waals surface area contributed by atoms with E-state index >= 15 is 0 Å². The molecule has 0 saturated carbocycles. The number of hydrogen-bond donors (Lipinski definition) is 0. The zero-order valence-corrected chi connectivity index (χ0v) is 14.0. The van der Waals surface area contributed by atoms with Crippen molar-refractivity contribution in [1.82, 2.24) is 9.80 Å². The first-order valence-electron chi connectivity index (χ1n) is 7.10. The summed E-state index contributed by atoms with van der Waals surface area (Å²) in [4.78, 5) is 27.4. The molecule has 21 heavy (non-hydrogen) atoms.